The fourth-order valence-electron chi connectivity index (χ4n) is 5.84. The molecule has 324 valence electrons. The predicted molar refractivity (Wildman–Crippen MR) is 214 cm³/mol. The van der Waals surface area contributed by atoms with Crippen molar-refractivity contribution in [2.45, 2.75) is 115 Å². The van der Waals surface area contributed by atoms with E-state index in [4.69, 9.17) is 28.4 Å². The summed E-state index contributed by atoms with van der Waals surface area (Å²) in [6.45, 7) is 18.0. The van der Waals surface area contributed by atoms with Crippen LogP contribution in [0.15, 0.2) is 18.2 Å². The van der Waals surface area contributed by atoms with Crippen molar-refractivity contribution >= 4 is 68.2 Å². The van der Waals surface area contributed by atoms with E-state index < -0.39 is 100 Å². The van der Waals surface area contributed by atoms with Crippen molar-refractivity contribution < 1.29 is 69.8 Å². The highest BCUT2D eigenvalue weighted by Gasteiger charge is 2.50. The third kappa shape index (κ3) is 13.8. The molecule has 0 heterocycles. The zero-order chi connectivity index (χ0) is 43.9. The van der Waals surface area contributed by atoms with Gasteiger partial charge in [-0.3, -0.25) is 41.4 Å². The molecule has 0 aliphatic heterocycles. The lowest BCUT2D eigenvalue weighted by molar-refractivity contribution is -0.164. The molecular weight excluding hydrogens is 805 g/mol. The highest BCUT2D eigenvalue weighted by atomic mass is 32.2. The van der Waals surface area contributed by atoms with Gasteiger partial charge in [-0.25, -0.2) is 0 Å². The smallest absolute Gasteiger partial charge is 0.321 e. The van der Waals surface area contributed by atoms with Crippen molar-refractivity contribution in [2.75, 3.05) is 39.6 Å². The number of benzene rings is 1. The molecule has 0 aromatic heterocycles. The van der Waals surface area contributed by atoms with Crippen molar-refractivity contribution in [1.82, 2.24) is 0 Å². The summed E-state index contributed by atoms with van der Waals surface area (Å²) in [4.78, 5) is 78.1. The maximum atomic E-state index is 14.2. The maximum absolute atomic E-state index is 14.2. The van der Waals surface area contributed by atoms with Crippen LogP contribution in [-0.4, -0.2) is 102 Å². The van der Waals surface area contributed by atoms with E-state index in [1.165, 1.54) is 41.5 Å². The van der Waals surface area contributed by atoms with Crippen LogP contribution in [0.2, 0.25) is 0 Å². The van der Waals surface area contributed by atoms with Crippen LogP contribution in [-0.2, 0) is 107 Å². The number of hydrogen-bond donors (Lipinski definition) is 0. The van der Waals surface area contributed by atoms with Gasteiger partial charge >= 0.3 is 35.8 Å². The Labute approximate surface area is 343 Å². The molecule has 1 rings (SSSR count). The Morgan fingerprint density at radius 2 is 0.561 bits per heavy atom. The molecule has 0 aliphatic rings. The van der Waals surface area contributed by atoms with Crippen LogP contribution in [0.1, 0.15) is 99.8 Å². The molecule has 18 heteroatoms. The average molecular weight is 865 g/mol. The fourth-order valence-corrected chi connectivity index (χ4v) is 9.73. The van der Waals surface area contributed by atoms with Crippen LogP contribution in [0.3, 0.4) is 0 Å². The number of carbonyl (C=O) groups excluding carboxylic acids is 6. The molecule has 15 nitrogen and oxygen atoms in total. The van der Waals surface area contributed by atoms with E-state index >= 15 is 0 Å². The maximum Gasteiger partial charge on any atom is 0.321 e. The van der Waals surface area contributed by atoms with E-state index in [2.05, 4.69) is 0 Å². The standard InChI is InChI=1S/C39H60O15S3/c1-13-49-31(40)28(32(41)50-14-2)37(7,8)55(46)22-25-19-26(23-56(47)38(9,10)29(33(42)51-15-3)34(43)52-16-4)21-27(20-25)24-57(48)39(11,12)30(35(44)53-17-5)36(45)54-18-6/h19-21,28-30H,13-18,22-24H2,1-12H3. The van der Waals surface area contributed by atoms with Gasteiger partial charge in [-0.1, -0.05) is 18.2 Å². The van der Waals surface area contributed by atoms with Crippen molar-refractivity contribution in [3.8, 4) is 0 Å². The van der Waals surface area contributed by atoms with Gasteiger partial charge < -0.3 is 28.4 Å². The Morgan fingerprint density at radius 3 is 0.702 bits per heavy atom. The van der Waals surface area contributed by atoms with E-state index in [9.17, 15) is 41.4 Å². The normalized spacial score (nSPS) is 13.7. The summed E-state index contributed by atoms with van der Waals surface area (Å²) in [5.74, 6) is -10.8. The predicted octanol–water partition coefficient (Wildman–Crippen LogP) is 4.00. The van der Waals surface area contributed by atoms with Gasteiger partial charge in [-0.2, -0.15) is 0 Å². The van der Waals surface area contributed by atoms with E-state index in [0.717, 1.165) is 0 Å². The fraction of sp³-hybridized carbons (Fsp3) is 0.692. The van der Waals surface area contributed by atoms with Crippen molar-refractivity contribution in [3.05, 3.63) is 34.9 Å². The second-order valence-corrected chi connectivity index (χ2v) is 20.3. The monoisotopic (exact) mass is 864 g/mol. The van der Waals surface area contributed by atoms with Gasteiger partial charge in [0.1, 0.15) is 0 Å². The molecule has 0 aliphatic carbocycles. The molecule has 0 fully saturated rings. The van der Waals surface area contributed by atoms with E-state index in [1.54, 1.807) is 59.7 Å². The second-order valence-electron chi connectivity index (χ2n) is 14.2. The third-order valence-corrected chi connectivity index (χ3v) is 15.0. The third-order valence-electron chi connectivity index (χ3n) is 8.99. The zero-order valence-electron chi connectivity index (χ0n) is 35.2. The van der Waals surface area contributed by atoms with Crippen molar-refractivity contribution in [1.29, 1.82) is 0 Å². The highest BCUT2D eigenvalue weighted by molar-refractivity contribution is 7.86. The minimum absolute atomic E-state index is 0.0375. The first-order valence-corrected chi connectivity index (χ1v) is 22.8. The van der Waals surface area contributed by atoms with Crippen molar-refractivity contribution in [3.63, 3.8) is 0 Å². The Kier molecular flexibility index (Phi) is 20.9. The molecule has 0 spiro atoms. The lowest BCUT2D eigenvalue weighted by atomic mass is 9.95. The molecule has 0 saturated heterocycles. The van der Waals surface area contributed by atoms with Gasteiger partial charge in [0.25, 0.3) is 0 Å². The van der Waals surface area contributed by atoms with Crippen LogP contribution in [0.4, 0.5) is 0 Å². The quantitative estimate of drug-likeness (QED) is 0.0818. The highest BCUT2D eigenvalue weighted by Crippen LogP contribution is 2.34. The van der Waals surface area contributed by atoms with Gasteiger partial charge in [-0.05, 0) is 99.8 Å². The summed E-state index contributed by atoms with van der Waals surface area (Å²) >= 11 is 0. The van der Waals surface area contributed by atoms with Crippen LogP contribution >= 0.6 is 0 Å². The molecule has 0 saturated carbocycles. The van der Waals surface area contributed by atoms with Gasteiger partial charge in [0.05, 0.1) is 53.9 Å². The molecular formula is C39H60O15S3. The van der Waals surface area contributed by atoms with Crippen LogP contribution in [0, 0.1) is 17.8 Å². The minimum Gasteiger partial charge on any atom is -0.465 e. The molecule has 3 unspecified atom stereocenters. The summed E-state index contributed by atoms with van der Waals surface area (Å²) < 4.78 is 68.8. The van der Waals surface area contributed by atoms with Gasteiger partial charge in [0.15, 0.2) is 17.8 Å². The van der Waals surface area contributed by atoms with Gasteiger partial charge in [0, 0.05) is 49.7 Å². The largest absolute Gasteiger partial charge is 0.465 e. The van der Waals surface area contributed by atoms with Crippen molar-refractivity contribution in [2.24, 2.45) is 17.8 Å². The lowest BCUT2D eigenvalue weighted by Gasteiger charge is -2.31. The molecule has 57 heavy (non-hydrogen) atoms. The topological polar surface area (TPSA) is 209 Å². The average Bonchev–Trinajstić information content (AvgIpc) is 3.08. The van der Waals surface area contributed by atoms with Crippen LogP contribution in [0.25, 0.3) is 0 Å². The van der Waals surface area contributed by atoms with Crippen LogP contribution in [0.5, 0.6) is 0 Å². The van der Waals surface area contributed by atoms with E-state index in [-0.39, 0.29) is 56.9 Å². The van der Waals surface area contributed by atoms with Gasteiger partial charge in [0.2, 0.25) is 0 Å². The molecule has 3 atom stereocenters. The van der Waals surface area contributed by atoms with Gasteiger partial charge in [-0.15, -0.1) is 0 Å². The molecule has 0 N–H and O–H groups in total. The first-order chi connectivity index (χ1) is 26.5. The summed E-state index contributed by atoms with van der Waals surface area (Å²) in [6.07, 6.45) is 0. The zero-order valence-corrected chi connectivity index (χ0v) is 37.6. The molecule has 0 amide bonds. The number of hydrogen-bond acceptors (Lipinski definition) is 15. The van der Waals surface area contributed by atoms with E-state index in [0.29, 0.717) is 16.7 Å². The van der Waals surface area contributed by atoms with Crippen LogP contribution < -0.4 is 0 Å². The Morgan fingerprint density at radius 1 is 0.404 bits per heavy atom. The molecule has 1 aromatic rings. The summed E-state index contributed by atoms with van der Waals surface area (Å²) in [5, 5.41) is 0. The summed E-state index contributed by atoms with van der Waals surface area (Å²) in [6, 6.07) is 4.77. The first kappa shape index (κ1) is 51.5. The molecule has 1 aromatic carbocycles. The Hall–Kier alpha value is -3.51. The number of rotatable bonds is 24. The second kappa shape index (κ2) is 23.2. The Balaban J connectivity index is 3.90. The first-order valence-electron chi connectivity index (χ1n) is 18.8. The Bertz CT molecular complexity index is 1410. The number of carbonyl (C=O) groups is 6. The lowest BCUT2D eigenvalue weighted by Crippen LogP contribution is -2.47. The summed E-state index contributed by atoms with van der Waals surface area (Å²) in [7, 11) is -5.95. The summed E-state index contributed by atoms with van der Waals surface area (Å²) in [5.41, 5.74) is 1.10. The molecule has 0 radical (unpaired) electrons. The SMILES string of the molecule is CCOC(=O)C(C(=O)OCC)C(C)(C)S(=O)Cc1cc(CS(=O)C(C)(C)C(C(=O)OCC)C(=O)OCC)cc(CS(=O)C(C)(C)C(C(=O)OCC)C(=O)OCC)c1. The minimum atomic E-state index is -1.98. The van der Waals surface area contributed by atoms with E-state index in [1.807, 2.05) is 0 Å². The number of esters is 6. The number of ether oxygens (including phenoxy) is 6. The molecule has 0 bridgehead atoms.